The summed E-state index contributed by atoms with van der Waals surface area (Å²) in [5.74, 6) is 0.269. The molecule has 1 rings (SSSR count). The van der Waals surface area contributed by atoms with Crippen molar-refractivity contribution >= 4 is 0 Å². The molecule has 0 N–H and O–H groups in total. The zero-order valence-corrected chi connectivity index (χ0v) is 5.47. The van der Waals surface area contributed by atoms with Gasteiger partial charge >= 0.3 is 0 Å². The van der Waals surface area contributed by atoms with Crippen LogP contribution in [0.4, 0.5) is 0 Å². The van der Waals surface area contributed by atoms with Crippen molar-refractivity contribution in [1.82, 2.24) is 0 Å². The molecule has 0 fully saturated rings. The van der Waals surface area contributed by atoms with Crippen molar-refractivity contribution < 1.29 is 5.11 Å². The summed E-state index contributed by atoms with van der Waals surface area (Å²) in [6.07, 6.45) is 9.67. The average Bonchev–Trinajstić information content (AvgIpc) is 1.79. The van der Waals surface area contributed by atoms with E-state index in [1.807, 2.05) is 6.08 Å². The van der Waals surface area contributed by atoms with Crippen LogP contribution < -0.4 is 0 Å². The van der Waals surface area contributed by atoms with Crippen LogP contribution >= 0.6 is 0 Å². The normalized spacial score (nSPS) is 29.6. The van der Waals surface area contributed by atoms with Crippen molar-refractivity contribution in [3.05, 3.63) is 24.0 Å². The van der Waals surface area contributed by atoms with Gasteiger partial charge in [0.05, 0.1) is 0 Å². The molecule has 0 aliphatic heterocycles. The molecule has 1 nitrogen and oxygen atoms in total. The van der Waals surface area contributed by atoms with Crippen LogP contribution in [0.25, 0.3) is 0 Å². The summed E-state index contributed by atoms with van der Waals surface area (Å²) < 4.78 is 0. The fourth-order valence-electron chi connectivity index (χ4n) is 0.916. The van der Waals surface area contributed by atoms with Crippen molar-refractivity contribution in [2.75, 3.05) is 0 Å². The summed E-state index contributed by atoms with van der Waals surface area (Å²) in [6, 6.07) is 0. The van der Waals surface area contributed by atoms with Gasteiger partial charge in [-0.3, -0.25) is 5.11 Å². The van der Waals surface area contributed by atoms with Gasteiger partial charge in [-0.25, -0.2) is 0 Å². The maximum absolute atomic E-state index is 10.7. The lowest BCUT2D eigenvalue weighted by Gasteiger charge is -1.97. The second-order valence-electron chi connectivity index (χ2n) is 2.31. The van der Waals surface area contributed by atoms with E-state index < -0.39 is 0 Å². The lowest BCUT2D eigenvalue weighted by atomic mass is 10.1. The molecule has 0 aromatic carbocycles. The van der Waals surface area contributed by atoms with E-state index in [9.17, 15) is 5.11 Å². The summed E-state index contributed by atoms with van der Waals surface area (Å²) in [5.41, 5.74) is 0. The van der Waals surface area contributed by atoms with Crippen LogP contribution in [0.1, 0.15) is 25.7 Å². The lowest BCUT2D eigenvalue weighted by molar-refractivity contribution is 0.277. The first-order chi connectivity index (χ1) is 4.39. The predicted octanol–water partition coefficient (Wildman–Crippen LogP) is 2.43. The molecule has 0 amide bonds. The molecule has 1 aliphatic rings. The first-order valence-electron chi connectivity index (χ1n) is 3.42. The first kappa shape index (κ1) is 6.40. The number of hydrogen-bond acceptors (Lipinski definition) is 0. The fourth-order valence-corrected chi connectivity index (χ4v) is 0.916. The summed E-state index contributed by atoms with van der Waals surface area (Å²) in [6.45, 7) is 0. The summed E-state index contributed by atoms with van der Waals surface area (Å²) in [4.78, 5) is 0. The van der Waals surface area contributed by atoms with Gasteiger partial charge in [0.2, 0.25) is 0 Å². The highest BCUT2D eigenvalue weighted by Gasteiger charge is 1.95. The van der Waals surface area contributed by atoms with E-state index in [0.29, 0.717) is 0 Å². The average molecular weight is 123 g/mol. The Balaban J connectivity index is 2.48. The SMILES string of the molecule is [O]/C1=C/C=C\CCCC1. The molecule has 0 spiro atoms. The summed E-state index contributed by atoms with van der Waals surface area (Å²) >= 11 is 0. The van der Waals surface area contributed by atoms with Crippen LogP contribution in [-0.4, -0.2) is 0 Å². The third-order valence-electron chi connectivity index (χ3n) is 1.46. The minimum absolute atomic E-state index is 0.269. The van der Waals surface area contributed by atoms with Gasteiger partial charge in [-0.15, -0.1) is 0 Å². The van der Waals surface area contributed by atoms with Gasteiger partial charge in [0.1, 0.15) is 0 Å². The second kappa shape index (κ2) is 3.33. The fraction of sp³-hybridized carbons (Fsp3) is 0.500. The minimum atomic E-state index is 0.269. The molecule has 0 aromatic rings. The maximum atomic E-state index is 10.7. The first-order valence-corrected chi connectivity index (χ1v) is 3.42. The highest BCUT2D eigenvalue weighted by Crippen LogP contribution is 2.10. The van der Waals surface area contributed by atoms with Crippen LogP contribution in [0, 0.1) is 0 Å². The van der Waals surface area contributed by atoms with E-state index in [4.69, 9.17) is 0 Å². The Morgan fingerprint density at radius 1 is 1.33 bits per heavy atom. The van der Waals surface area contributed by atoms with Gasteiger partial charge < -0.3 is 0 Å². The second-order valence-corrected chi connectivity index (χ2v) is 2.31. The largest absolute Gasteiger partial charge is 0.295 e. The van der Waals surface area contributed by atoms with E-state index >= 15 is 0 Å². The Hall–Kier alpha value is -0.720. The van der Waals surface area contributed by atoms with Crippen molar-refractivity contribution in [2.45, 2.75) is 25.7 Å². The quantitative estimate of drug-likeness (QED) is 0.471. The van der Waals surface area contributed by atoms with Gasteiger partial charge in [0.25, 0.3) is 0 Å². The predicted molar refractivity (Wildman–Crippen MR) is 36.4 cm³/mol. The third kappa shape index (κ3) is 2.36. The van der Waals surface area contributed by atoms with Gasteiger partial charge in [-0.2, -0.15) is 0 Å². The van der Waals surface area contributed by atoms with E-state index in [-0.39, 0.29) is 5.76 Å². The monoisotopic (exact) mass is 123 g/mol. The Morgan fingerprint density at radius 3 is 3.11 bits per heavy atom. The minimum Gasteiger partial charge on any atom is -0.295 e. The molecule has 0 unspecified atom stereocenters. The van der Waals surface area contributed by atoms with Crippen molar-refractivity contribution in [2.24, 2.45) is 0 Å². The third-order valence-corrected chi connectivity index (χ3v) is 1.46. The topological polar surface area (TPSA) is 19.9 Å². The van der Waals surface area contributed by atoms with E-state index in [1.54, 1.807) is 6.08 Å². The Morgan fingerprint density at radius 2 is 2.22 bits per heavy atom. The molecular weight excluding hydrogens is 112 g/mol. The van der Waals surface area contributed by atoms with Gasteiger partial charge in [-0.05, 0) is 25.3 Å². The number of hydrogen-bond donors (Lipinski definition) is 0. The molecule has 1 radical (unpaired) electrons. The lowest BCUT2D eigenvalue weighted by Crippen LogP contribution is -1.82. The van der Waals surface area contributed by atoms with Crippen LogP contribution in [0.3, 0.4) is 0 Å². The summed E-state index contributed by atoms with van der Waals surface area (Å²) in [5, 5.41) is 10.7. The standard InChI is InChI=1S/C8H11O/c9-8-6-4-2-1-3-5-7-8/h2,4,6H,1,3,5,7H2/b4-2-,8-6+. The van der Waals surface area contributed by atoms with Gasteiger partial charge in [0.15, 0.2) is 5.76 Å². The Bertz CT molecular complexity index is 134. The molecule has 0 aromatic heterocycles. The van der Waals surface area contributed by atoms with Crippen LogP contribution in [0.15, 0.2) is 24.0 Å². The molecule has 0 saturated heterocycles. The van der Waals surface area contributed by atoms with Gasteiger partial charge in [0, 0.05) is 6.42 Å². The molecular formula is C8H11O. The van der Waals surface area contributed by atoms with E-state index in [1.165, 1.54) is 0 Å². The number of rotatable bonds is 0. The Labute approximate surface area is 55.7 Å². The zero-order valence-electron chi connectivity index (χ0n) is 5.47. The highest BCUT2D eigenvalue weighted by molar-refractivity contribution is 5.07. The van der Waals surface area contributed by atoms with Crippen molar-refractivity contribution in [1.29, 1.82) is 0 Å². The molecule has 0 saturated carbocycles. The highest BCUT2D eigenvalue weighted by atomic mass is 16.3. The van der Waals surface area contributed by atoms with Crippen LogP contribution in [0.2, 0.25) is 0 Å². The molecule has 0 atom stereocenters. The van der Waals surface area contributed by atoms with E-state index in [0.717, 1.165) is 25.7 Å². The number of allylic oxidation sites excluding steroid dienone is 4. The van der Waals surface area contributed by atoms with Crippen molar-refractivity contribution in [3.8, 4) is 0 Å². The molecule has 9 heavy (non-hydrogen) atoms. The van der Waals surface area contributed by atoms with Crippen LogP contribution in [-0.2, 0) is 5.11 Å². The van der Waals surface area contributed by atoms with Crippen molar-refractivity contribution in [3.63, 3.8) is 0 Å². The smallest absolute Gasteiger partial charge is 0.155 e. The summed E-state index contributed by atoms with van der Waals surface area (Å²) in [7, 11) is 0. The molecule has 49 valence electrons. The molecule has 1 heteroatoms. The van der Waals surface area contributed by atoms with E-state index in [2.05, 4.69) is 6.08 Å². The molecule has 0 heterocycles. The van der Waals surface area contributed by atoms with Crippen LogP contribution in [0.5, 0.6) is 0 Å². The maximum Gasteiger partial charge on any atom is 0.155 e. The zero-order chi connectivity index (χ0) is 6.53. The molecule has 0 bridgehead atoms. The van der Waals surface area contributed by atoms with Gasteiger partial charge in [-0.1, -0.05) is 12.2 Å². The molecule has 1 aliphatic carbocycles. The Kier molecular flexibility index (Phi) is 2.37.